The lowest BCUT2D eigenvalue weighted by molar-refractivity contribution is 0.102. The second kappa shape index (κ2) is 9.41. The normalized spacial score (nSPS) is 10.6. The minimum Gasteiger partial charge on any atom is -0.392 e. The van der Waals surface area contributed by atoms with Crippen LogP contribution in [0, 0.1) is 13.8 Å². The van der Waals surface area contributed by atoms with E-state index in [1.54, 1.807) is 24.4 Å². The Hall–Kier alpha value is -4.03. The Bertz CT molecular complexity index is 1240. The van der Waals surface area contributed by atoms with Gasteiger partial charge in [-0.15, -0.1) is 0 Å². The topological polar surface area (TPSA) is 87.1 Å². The highest BCUT2D eigenvalue weighted by Crippen LogP contribution is 2.23. The van der Waals surface area contributed by atoms with Crippen LogP contribution in [0.1, 0.15) is 27.0 Å². The summed E-state index contributed by atoms with van der Waals surface area (Å²) in [6, 6.07) is 22.6. The molecule has 6 nitrogen and oxygen atoms in total. The van der Waals surface area contributed by atoms with Crippen molar-refractivity contribution in [2.75, 3.05) is 10.6 Å². The number of nitrogens with zero attached hydrogens (tertiary/aromatic N) is 2. The molecule has 0 radical (unpaired) electrons. The van der Waals surface area contributed by atoms with E-state index in [-0.39, 0.29) is 12.5 Å². The molecule has 4 aromatic rings. The molecule has 1 aromatic heterocycles. The van der Waals surface area contributed by atoms with E-state index in [9.17, 15) is 9.90 Å². The average Bonchev–Trinajstić information content (AvgIpc) is 2.82. The first-order valence-corrected chi connectivity index (χ1v) is 10.3. The van der Waals surface area contributed by atoms with Crippen LogP contribution < -0.4 is 10.6 Å². The third-order valence-electron chi connectivity index (χ3n) is 5.15. The van der Waals surface area contributed by atoms with Gasteiger partial charge >= 0.3 is 0 Å². The number of carbonyl (C=O) groups is 1. The predicted molar refractivity (Wildman–Crippen MR) is 127 cm³/mol. The van der Waals surface area contributed by atoms with Crippen LogP contribution in [-0.2, 0) is 6.61 Å². The number of hydrogen-bond donors (Lipinski definition) is 3. The van der Waals surface area contributed by atoms with Crippen molar-refractivity contribution in [2.24, 2.45) is 0 Å². The number of aliphatic hydroxyl groups is 1. The van der Waals surface area contributed by atoms with Gasteiger partial charge < -0.3 is 15.7 Å². The summed E-state index contributed by atoms with van der Waals surface area (Å²) in [5, 5.41) is 15.4. The molecule has 1 amide bonds. The number of anilines is 3. The van der Waals surface area contributed by atoms with Gasteiger partial charge in [-0.2, -0.15) is 0 Å². The summed E-state index contributed by atoms with van der Waals surface area (Å²) in [7, 11) is 0. The van der Waals surface area contributed by atoms with Gasteiger partial charge in [0.1, 0.15) is 0 Å². The zero-order valence-corrected chi connectivity index (χ0v) is 18.0. The fourth-order valence-corrected chi connectivity index (χ4v) is 3.32. The molecule has 3 N–H and O–H groups in total. The summed E-state index contributed by atoms with van der Waals surface area (Å²) in [4.78, 5) is 21.7. The Balaban J connectivity index is 1.48. The number of nitrogens with one attached hydrogen (secondary N) is 2. The predicted octanol–water partition coefficient (Wildman–Crippen LogP) is 5.25. The number of hydrogen-bond acceptors (Lipinski definition) is 5. The van der Waals surface area contributed by atoms with Crippen molar-refractivity contribution in [1.29, 1.82) is 0 Å². The van der Waals surface area contributed by atoms with Crippen molar-refractivity contribution in [3.63, 3.8) is 0 Å². The van der Waals surface area contributed by atoms with Crippen LogP contribution in [0.4, 0.5) is 17.3 Å². The maximum Gasteiger partial charge on any atom is 0.255 e. The van der Waals surface area contributed by atoms with E-state index in [0.29, 0.717) is 17.2 Å². The minimum absolute atomic E-state index is 0.0728. The summed E-state index contributed by atoms with van der Waals surface area (Å²) in [5.74, 6) is 0.274. The van der Waals surface area contributed by atoms with Crippen molar-refractivity contribution in [3.05, 3.63) is 101 Å². The lowest BCUT2D eigenvalue weighted by Gasteiger charge is -2.11. The summed E-state index contributed by atoms with van der Waals surface area (Å²) in [5.41, 5.74) is 6.57. The second-order valence-electron chi connectivity index (χ2n) is 7.56. The monoisotopic (exact) mass is 424 g/mol. The van der Waals surface area contributed by atoms with Crippen LogP contribution >= 0.6 is 0 Å². The SMILES string of the molecule is Cc1ccc(CO)cc1NC(=O)c1ccc(Nc2ncc(C)c(-c3ccccc3)n2)cc1. The molecule has 0 aliphatic heterocycles. The lowest BCUT2D eigenvalue weighted by atomic mass is 10.1. The van der Waals surface area contributed by atoms with Crippen molar-refractivity contribution in [3.8, 4) is 11.3 Å². The van der Waals surface area contributed by atoms with Gasteiger partial charge in [0, 0.05) is 28.7 Å². The first kappa shape index (κ1) is 21.2. The first-order chi connectivity index (χ1) is 15.5. The second-order valence-corrected chi connectivity index (χ2v) is 7.56. The van der Waals surface area contributed by atoms with E-state index in [2.05, 4.69) is 20.6 Å². The number of rotatable bonds is 6. The molecule has 4 rings (SSSR count). The smallest absolute Gasteiger partial charge is 0.255 e. The molecule has 160 valence electrons. The van der Waals surface area contributed by atoms with E-state index in [1.807, 2.05) is 68.4 Å². The first-order valence-electron chi connectivity index (χ1n) is 10.3. The maximum absolute atomic E-state index is 12.7. The molecular weight excluding hydrogens is 400 g/mol. The quantitative estimate of drug-likeness (QED) is 0.394. The highest BCUT2D eigenvalue weighted by molar-refractivity contribution is 6.04. The number of amides is 1. The maximum atomic E-state index is 12.7. The number of aromatic nitrogens is 2. The highest BCUT2D eigenvalue weighted by atomic mass is 16.3. The molecule has 3 aromatic carbocycles. The van der Waals surface area contributed by atoms with E-state index in [0.717, 1.165) is 33.6 Å². The zero-order valence-electron chi connectivity index (χ0n) is 18.0. The molecule has 0 spiro atoms. The number of aryl methyl sites for hydroxylation is 2. The lowest BCUT2D eigenvalue weighted by Crippen LogP contribution is -2.13. The molecule has 0 aliphatic carbocycles. The van der Waals surface area contributed by atoms with Crippen molar-refractivity contribution >= 4 is 23.2 Å². The van der Waals surface area contributed by atoms with Crippen molar-refractivity contribution in [2.45, 2.75) is 20.5 Å². The van der Waals surface area contributed by atoms with Crippen LogP contribution in [-0.4, -0.2) is 21.0 Å². The van der Waals surface area contributed by atoms with Crippen LogP contribution in [0.5, 0.6) is 0 Å². The van der Waals surface area contributed by atoms with E-state index >= 15 is 0 Å². The number of benzene rings is 3. The highest BCUT2D eigenvalue weighted by Gasteiger charge is 2.10. The Labute approximate surface area is 187 Å². The standard InChI is InChI=1S/C26H24N4O2/c1-17-8-9-19(16-31)14-23(17)29-25(32)21-10-12-22(13-11-21)28-26-27-15-18(2)24(30-26)20-6-4-3-5-7-20/h3-15,31H,16H2,1-2H3,(H,29,32)(H,27,28,30). The summed E-state index contributed by atoms with van der Waals surface area (Å²) >= 11 is 0. The summed E-state index contributed by atoms with van der Waals surface area (Å²) in [6.45, 7) is 3.82. The molecule has 0 atom stereocenters. The Morgan fingerprint density at radius 2 is 1.69 bits per heavy atom. The number of aliphatic hydroxyl groups excluding tert-OH is 1. The van der Waals surface area contributed by atoms with Gasteiger partial charge in [0.25, 0.3) is 5.91 Å². The summed E-state index contributed by atoms with van der Waals surface area (Å²) in [6.07, 6.45) is 1.79. The van der Waals surface area contributed by atoms with E-state index < -0.39 is 0 Å². The Morgan fingerprint density at radius 1 is 0.938 bits per heavy atom. The van der Waals surface area contributed by atoms with Gasteiger partial charge in [0.15, 0.2) is 0 Å². The van der Waals surface area contributed by atoms with Crippen LogP contribution in [0.2, 0.25) is 0 Å². The molecule has 0 fully saturated rings. The molecule has 1 heterocycles. The van der Waals surface area contributed by atoms with E-state index in [4.69, 9.17) is 0 Å². The van der Waals surface area contributed by atoms with Gasteiger partial charge in [-0.05, 0) is 60.9 Å². The largest absolute Gasteiger partial charge is 0.392 e. The van der Waals surface area contributed by atoms with E-state index in [1.165, 1.54) is 0 Å². The van der Waals surface area contributed by atoms with Gasteiger partial charge in [-0.25, -0.2) is 9.97 Å². The zero-order chi connectivity index (χ0) is 22.5. The fraction of sp³-hybridized carbons (Fsp3) is 0.115. The van der Waals surface area contributed by atoms with Crippen LogP contribution in [0.25, 0.3) is 11.3 Å². The van der Waals surface area contributed by atoms with Crippen molar-refractivity contribution < 1.29 is 9.90 Å². The van der Waals surface area contributed by atoms with Crippen molar-refractivity contribution in [1.82, 2.24) is 9.97 Å². The summed E-state index contributed by atoms with van der Waals surface area (Å²) < 4.78 is 0. The van der Waals surface area contributed by atoms with Gasteiger partial charge in [-0.1, -0.05) is 42.5 Å². The molecular formula is C26H24N4O2. The molecule has 0 bridgehead atoms. The minimum atomic E-state index is -0.215. The third kappa shape index (κ3) is 4.82. The van der Waals surface area contributed by atoms with Gasteiger partial charge in [0.2, 0.25) is 5.95 Å². The average molecular weight is 425 g/mol. The third-order valence-corrected chi connectivity index (χ3v) is 5.15. The van der Waals surface area contributed by atoms with Gasteiger partial charge in [0.05, 0.1) is 12.3 Å². The van der Waals surface area contributed by atoms with Gasteiger partial charge in [-0.3, -0.25) is 4.79 Å². The molecule has 32 heavy (non-hydrogen) atoms. The number of carbonyl (C=O) groups excluding carboxylic acids is 1. The molecule has 0 saturated carbocycles. The molecule has 0 unspecified atom stereocenters. The molecule has 6 heteroatoms. The Kier molecular flexibility index (Phi) is 6.24. The molecule has 0 saturated heterocycles. The molecule has 0 aliphatic rings. The van der Waals surface area contributed by atoms with Crippen LogP contribution in [0.15, 0.2) is 79.0 Å². The Morgan fingerprint density at radius 3 is 2.41 bits per heavy atom. The fourth-order valence-electron chi connectivity index (χ4n) is 3.32. The van der Waals surface area contributed by atoms with Crippen LogP contribution in [0.3, 0.4) is 0 Å².